The number of H-pyrrole nitrogens is 1. The number of hydrogen-bond acceptors (Lipinski definition) is 4. The van der Waals surface area contributed by atoms with Crippen molar-refractivity contribution in [2.75, 3.05) is 6.54 Å². The van der Waals surface area contributed by atoms with E-state index in [0.29, 0.717) is 25.1 Å². The molecule has 0 radical (unpaired) electrons. The van der Waals surface area contributed by atoms with Crippen molar-refractivity contribution in [2.24, 2.45) is 0 Å². The molecule has 4 nitrogen and oxygen atoms in total. The van der Waals surface area contributed by atoms with Gasteiger partial charge in [-0.15, -0.1) is 11.3 Å². The van der Waals surface area contributed by atoms with E-state index >= 15 is 0 Å². The van der Waals surface area contributed by atoms with Crippen LogP contribution in [0.2, 0.25) is 0 Å². The molecule has 0 saturated carbocycles. The van der Waals surface area contributed by atoms with Gasteiger partial charge < -0.3 is 4.98 Å². The van der Waals surface area contributed by atoms with Gasteiger partial charge in [0.25, 0.3) is 5.56 Å². The molecule has 1 N–H and O–H groups in total. The molecule has 3 heterocycles. The second kappa shape index (κ2) is 5.76. The summed E-state index contributed by atoms with van der Waals surface area (Å²) in [6.45, 7) is 5.65. The SMILES string of the molecule is Cc1cc(CN2CCc3c(nc(C(F)(F)F)[nH]c3=O)C2)sc1C. The predicted molar refractivity (Wildman–Crippen MR) is 81.5 cm³/mol. The Morgan fingerprint density at radius 2 is 2.13 bits per heavy atom. The van der Waals surface area contributed by atoms with Crippen molar-refractivity contribution >= 4 is 11.3 Å². The number of halogens is 3. The van der Waals surface area contributed by atoms with Crippen LogP contribution >= 0.6 is 11.3 Å². The highest BCUT2D eigenvalue weighted by molar-refractivity contribution is 7.12. The highest BCUT2D eigenvalue weighted by atomic mass is 32.1. The fraction of sp³-hybridized carbons (Fsp3) is 0.467. The summed E-state index contributed by atoms with van der Waals surface area (Å²) < 4.78 is 38.4. The summed E-state index contributed by atoms with van der Waals surface area (Å²) in [4.78, 5) is 21.8. The quantitative estimate of drug-likeness (QED) is 0.912. The number of nitrogens with zero attached hydrogens (tertiary/aromatic N) is 2. The molecule has 2 aromatic heterocycles. The molecular weight excluding hydrogens is 327 g/mol. The van der Waals surface area contributed by atoms with E-state index in [2.05, 4.69) is 11.1 Å². The number of aromatic amines is 1. The van der Waals surface area contributed by atoms with E-state index in [4.69, 9.17) is 0 Å². The Labute approximate surface area is 135 Å². The van der Waals surface area contributed by atoms with Gasteiger partial charge in [-0.1, -0.05) is 0 Å². The van der Waals surface area contributed by atoms with Crippen LogP contribution in [0.4, 0.5) is 13.2 Å². The van der Waals surface area contributed by atoms with Crippen LogP contribution in [0.1, 0.15) is 32.4 Å². The van der Waals surface area contributed by atoms with Gasteiger partial charge in [0, 0.05) is 35.0 Å². The predicted octanol–water partition coefficient (Wildman–Crippen LogP) is 3.03. The Kier molecular flexibility index (Phi) is 4.05. The van der Waals surface area contributed by atoms with Crippen molar-refractivity contribution < 1.29 is 13.2 Å². The van der Waals surface area contributed by atoms with Crippen molar-refractivity contribution in [1.29, 1.82) is 0 Å². The minimum Gasteiger partial charge on any atom is -0.303 e. The Bertz CT molecular complexity index is 775. The van der Waals surface area contributed by atoms with Gasteiger partial charge >= 0.3 is 6.18 Å². The van der Waals surface area contributed by atoms with Crippen LogP contribution in [0, 0.1) is 13.8 Å². The molecule has 124 valence electrons. The smallest absolute Gasteiger partial charge is 0.303 e. The zero-order valence-corrected chi connectivity index (χ0v) is 13.6. The molecular formula is C15H16F3N3OS. The lowest BCUT2D eigenvalue weighted by Crippen LogP contribution is -2.36. The number of aryl methyl sites for hydroxylation is 2. The number of thiophene rings is 1. The fourth-order valence-electron chi connectivity index (χ4n) is 2.71. The maximum atomic E-state index is 12.8. The summed E-state index contributed by atoms with van der Waals surface area (Å²) in [5, 5.41) is 0. The summed E-state index contributed by atoms with van der Waals surface area (Å²) in [5.41, 5.74) is 1.14. The molecule has 23 heavy (non-hydrogen) atoms. The van der Waals surface area contributed by atoms with Crippen LogP contribution in [-0.2, 0) is 25.7 Å². The summed E-state index contributed by atoms with van der Waals surface area (Å²) in [5.74, 6) is -1.22. The number of rotatable bonds is 2. The lowest BCUT2D eigenvalue weighted by atomic mass is 10.1. The Balaban J connectivity index is 1.84. The molecule has 3 rings (SSSR count). The standard InChI is InChI=1S/C15H16F3N3OS/c1-8-5-10(23-9(8)2)6-21-4-3-11-12(7-21)19-14(15(16,17)18)20-13(11)22/h5H,3-4,6-7H2,1-2H3,(H,19,20,22). The number of hydrogen-bond donors (Lipinski definition) is 1. The molecule has 1 aliphatic heterocycles. The lowest BCUT2D eigenvalue weighted by Gasteiger charge is -2.27. The molecule has 0 atom stereocenters. The number of aromatic nitrogens is 2. The summed E-state index contributed by atoms with van der Waals surface area (Å²) in [6, 6.07) is 2.10. The second-order valence-corrected chi connectivity index (χ2v) is 7.09. The second-order valence-electron chi connectivity index (χ2n) is 5.75. The first-order valence-corrected chi connectivity index (χ1v) is 8.03. The maximum Gasteiger partial charge on any atom is 0.449 e. The van der Waals surface area contributed by atoms with E-state index in [-0.39, 0.29) is 12.2 Å². The van der Waals surface area contributed by atoms with E-state index in [1.807, 2.05) is 23.7 Å². The van der Waals surface area contributed by atoms with E-state index in [1.165, 1.54) is 15.3 Å². The van der Waals surface area contributed by atoms with Crippen molar-refractivity contribution in [3.05, 3.63) is 48.8 Å². The van der Waals surface area contributed by atoms with Gasteiger partial charge in [-0.2, -0.15) is 13.2 Å². The van der Waals surface area contributed by atoms with Crippen molar-refractivity contribution in [1.82, 2.24) is 14.9 Å². The first-order chi connectivity index (χ1) is 10.7. The van der Waals surface area contributed by atoms with E-state index < -0.39 is 17.6 Å². The third kappa shape index (κ3) is 3.32. The van der Waals surface area contributed by atoms with Gasteiger partial charge in [0.2, 0.25) is 5.82 Å². The van der Waals surface area contributed by atoms with Gasteiger partial charge in [-0.25, -0.2) is 4.98 Å². The first-order valence-electron chi connectivity index (χ1n) is 7.21. The Morgan fingerprint density at radius 3 is 2.74 bits per heavy atom. The van der Waals surface area contributed by atoms with E-state index in [1.54, 1.807) is 11.3 Å². The molecule has 0 aliphatic carbocycles. The van der Waals surface area contributed by atoms with Crippen molar-refractivity contribution in [3.63, 3.8) is 0 Å². The average molecular weight is 343 g/mol. The third-order valence-corrected chi connectivity index (χ3v) is 5.15. The first kappa shape index (κ1) is 16.2. The minimum atomic E-state index is -4.64. The Morgan fingerprint density at radius 1 is 1.39 bits per heavy atom. The third-order valence-electron chi connectivity index (χ3n) is 4.02. The lowest BCUT2D eigenvalue weighted by molar-refractivity contribution is -0.145. The molecule has 0 saturated heterocycles. The monoisotopic (exact) mass is 343 g/mol. The number of nitrogens with one attached hydrogen (secondary N) is 1. The fourth-order valence-corrected chi connectivity index (χ4v) is 3.81. The van der Waals surface area contributed by atoms with Crippen LogP contribution in [0.3, 0.4) is 0 Å². The molecule has 0 unspecified atom stereocenters. The number of alkyl halides is 3. The minimum absolute atomic E-state index is 0.234. The molecule has 8 heteroatoms. The molecule has 2 aromatic rings. The van der Waals surface area contributed by atoms with Gasteiger partial charge in [-0.05, 0) is 31.9 Å². The molecule has 0 fully saturated rings. The summed E-state index contributed by atoms with van der Waals surface area (Å²) in [6.07, 6.45) is -4.22. The van der Waals surface area contributed by atoms with E-state index in [9.17, 15) is 18.0 Å². The van der Waals surface area contributed by atoms with E-state index in [0.717, 1.165) is 0 Å². The highest BCUT2D eigenvalue weighted by Gasteiger charge is 2.36. The van der Waals surface area contributed by atoms with Crippen LogP contribution in [0.25, 0.3) is 0 Å². The van der Waals surface area contributed by atoms with Crippen LogP contribution in [-0.4, -0.2) is 21.4 Å². The normalized spacial score (nSPS) is 15.7. The average Bonchev–Trinajstić information content (AvgIpc) is 2.75. The van der Waals surface area contributed by atoms with Crippen LogP contribution in [0.5, 0.6) is 0 Å². The van der Waals surface area contributed by atoms with Gasteiger partial charge in [0.05, 0.1) is 5.69 Å². The van der Waals surface area contributed by atoms with Crippen LogP contribution < -0.4 is 5.56 Å². The van der Waals surface area contributed by atoms with Crippen molar-refractivity contribution in [2.45, 2.75) is 39.5 Å². The zero-order chi connectivity index (χ0) is 16.8. The van der Waals surface area contributed by atoms with Gasteiger partial charge in [0.15, 0.2) is 0 Å². The summed E-state index contributed by atoms with van der Waals surface area (Å²) in [7, 11) is 0. The van der Waals surface area contributed by atoms with Gasteiger partial charge in [0.1, 0.15) is 0 Å². The Hall–Kier alpha value is -1.67. The maximum absolute atomic E-state index is 12.8. The van der Waals surface area contributed by atoms with Crippen molar-refractivity contribution in [3.8, 4) is 0 Å². The topological polar surface area (TPSA) is 49.0 Å². The molecule has 0 bridgehead atoms. The molecule has 1 aliphatic rings. The molecule has 0 aromatic carbocycles. The zero-order valence-electron chi connectivity index (χ0n) is 12.8. The summed E-state index contributed by atoms with van der Waals surface area (Å²) >= 11 is 1.69. The highest BCUT2D eigenvalue weighted by Crippen LogP contribution is 2.27. The van der Waals surface area contributed by atoms with Crippen LogP contribution in [0.15, 0.2) is 10.9 Å². The largest absolute Gasteiger partial charge is 0.449 e. The molecule has 0 amide bonds. The van der Waals surface area contributed by atoms with Gasteiger partial charge in [-0.3, -0.25) is 9.69 Å². The number of fused-ring (bicyclic) bond motifs is 1. The molecule has 0 spiro atoms.